The summed E-state index contributed by atoms with van der Waals surface area (Å²) in [5, 5.41) is 12.9. The third kappa shape index (κ3) is 3.49. The smallest absolute Gasteiger partial charge is 0.253 e. The Bertz CT molecular complexity index is 348. The number of aryl methyl sites for hydroxylation is 1. The molecule has 1 aromatic carbocycles. The maximum absolute atomic E-state index is 10.1. The van der Waals surface area contributed by atoms with Gasteiger partial charge in [0.15, 0.2) is 4.99 Å². The molecule has 5 heteroatoms. The topological polar surface area (TPSA) is 55.2 Å². The first-order valence-electron chi connectivity index (χ1n) is 4.06. The molecule has 1 aromatic rings. The van der Waals surface area contributed by atoms with Gasteiger partial charge in [0.05, 0.1) is 0 Å². The molecular weight excluding hydrogens is 200 g/mol. The number of nitrogens with zero attached hydrogens (tertiary/aromatic N) is 1. The first-order valence-corrected chi connectivity index (χ1v) is 4.47. The van der Waals surface area contributed by atoms with Crippen LogP contribution in [0.1, 0.15) is 5.56 Å². The zero-order chi connectivity index (χ0) is 10.6. The molecule has 0 spiro atoms. The number of rotatable bonds is 3. The Morgan fingerprint density at radius 3 is 2.57 bits per heavy atom. The lowest BCUT2D eigenvalue weighted by molar-refractivity contribution is -0.462. The van der Waals surface area contributed by atoms with Gasteiger partial charge in [-0.15, -0.1) is 0 Å². The van der Waals surface area contributed by atoms with Gasteiger partial charge in [-0.05, 0) is 19.1 Å². The lowest BCUT2D eigenvalue weighted by atomic mass is 10.2. The average molecular weight is 210 g/mol. The Kier molecular flexibility index (Phi) is 3.53. The van der Waals surface area contributed by atoms with Gasteiger partial charge in [0.25, 0.3) is 6.54 Å². The lowest BCUT2D eigenvalue weighted by Gasteiger charge is -2.04. The molecule has 0 amide bonds. The highest BCUT2D eigenvalue weighted by Gasteiger charge is 2.04. The summed E-state index contributed by atoms with van der Waals surface area (Å²) in [6, 6.07) is 7.50. The molecule has 0 saturated carbocycles. The predicted molar refractivity (Wildman–Crippen MR) is 59.3 cm³/mol. The van der Waals surface area contributed by atoms with Gasteiger partial charge < -0.3 is 5.32 Å². The normalized spacial score (nSPS) is 9.50. The summed E-state index contributed by atoms with van der Waals surface area (Å²) < 4.78 is 0. The van der Waals surface area contributed by atoms with Crippen LogP contribution in [0, 0.1) is 17.0 Å². The van der Waals surface area contributed by atoms with Crippen molar-refractivity contribution in [2.24, 2.45) is 0 Å². The van der Waals surface area contributed by atoms with Crippen LogP contribution >= 0.6 is 12.2 Å². The molecule has 0 fully saturated rings. The second-order valence-electron chi connectivity index (χ2n) is 2.91. The molecule has 0 saturated heterocycles. The first-order chi connectivity index (χ1) is 6.58. The SMILES string of the molecule is Cc1ccc(NC(=S)C[N+](=O)[O-])cc1. The van der Waals surface area contributed by atoms with E-state index in [4.69, 9.17) is 12.2 Å². The van der Waals surface area contributed by atoms with E-state index in [1.165, 1.54) is 0 Å². The standard InChI is InChI=1S/C9H10N2O2S/c1-7-2-4-8(5-3-7)10-9(14)6-11(12)13/h2-5H,6H2,1H3,(H,10,14). The van der Waals surface area contributed by atoms with Crippen molar-refractivity contribution in [3.63, 3.8) is 0 Å². The van der Waals surface area contributed by atoms with Gasteiger partial charge >= 0.3 is 0 Å². The molecule has 0 aromatic heterocycles. The van der Waals surface area contributed by atoms with Gasteiger partial charge in [0.1, 0.15) is 0 Å². The van der Waals surface area contributed by atoms with Crippen LogP contribution in [0.15, 0.2) is 24.3 Å². The van der Waals surface area contributed by atoms with Crippen molar-refractivity contribution in [1.29, 1.82) is 0 Å². The molecule has 4 nitrogen and oxygen atoms in total. The second kappa shape index (κ2) is 4.66. The Hall–Kier alpha value is -1.49. The van der Waals surface area contributed by atoms with Crippen LogP contribution < -0.4 is 5.32 Å². The van der Waals surface area contributed by atoms with Gasteiger partial charge in [-0.2, -0.15) is 0 Å². The Balaban J connectivity index is 2.56. The molecule has 0 aliphatic heterocycles. The summed E-state index contributed by atoms with van der Waals surface area (Å²) in [6.07, 6.45) is 0. The van der Waals surface area contributed by atoms with E-state index >= 15 is 0 Å². The molecule has 0 radical (unpaired) electrons. The van der Waals surface area contributed by atoms with Crippen LogP contribution in [0.25, 0.3) is 0 Å². The Labute approximate surface area is 87.1 Å². The molecule has 0 atom stereocenters. The minimum Gasteiger partial charge on any atom is -0.345 e. The number of anilines is 1. The molecule has 74 valence electrons. The highest BCUT2D eigenvalue weighted by atomic mass is 32.1. The molecule has 0 heterocycles. The fourth-order valence-corrected chi connectivity index (χ4v) is 1.18. The van der Waals surface area contributed by atoms with Crippen molar-refractivity contribution >= 4 is 22.9 Å². The Morgan fingerprint density at radius 2 is 2.07 bits per heavy atom. The molecule has 1 rings (SSSR count). The summed E-state index contributed by atoms with van der Waals surface area (Å²) in [4.78, 5) is 9.90. The summed E-state index contributed by atoms with van der Waals surface area (Å²) in [5.74, 6) is 0. The average Bonchev–Trinajstić information content (AvgIpc) is 2.07. The highest BCUT2D eigenvalue weighted by molar-refractivity contribution is 7.80. The van der Waals surface area contributed by atoms with Gasteiger partial charge in [-0.3, -0.25) is 10.1 Å². The molecule has 0 aliphatic carbocycles. The van der Waals surface area contributed by atoms with Crippen LogP contribution in [0.3, 0.4) is 0 Å². The summed E-state index contributed by atoms with van der Waals surface area (Å²) >= 11 is 4.79. The van der Waals surface area contributed by atoms with Crippen molar-refractivity contribution in [1.82, 2.24) is 0 Å². The third-order valence-corrected chi connectivity index (χ3v) is 1.84. The number of nitro groups is 1. The zero-order valence-corrected chi connectivity index (χ0v) is 8.50. The maximum atomic E-state index is 10.1. The van der Waals surface area contributed by atoms with E-state index in [0.717, 1.165) is 11.3 Å². The number of benzene rings is 1. The van der Waals surface area contributed by atoms with Crippen LogP contribution in [0.5, 0.6) is 0 Å². The lowest BCUT2D eigenvalue weighted by Crippen LogP contribution is -2.19. The van der Waals surface area contributed by atoms with Crippen LogP contribution in [-0.2, 0) is 0 Å². The van der Waals surface area contributed by atoms with Crippen molar-refractivity contribution < 1.29 is 4.92 Å². The van der Waals surface area contributed by atoms with Crippen molar-refractivity contribution in [2.75, 3.05) is 11.9 Å². The monoisotopic (exact) mass is 210 g/mol. The summed E-state index contributed by atoms with van der Waals surface area (Å²) in [7, 11) is 0. The minimum atomic E-state index is -0.455. The van der Waals surface area contributed by atoms with Gasteiger partial charge in [-0.25, -0.2) is 0 Å². The maximum Gasteiger partial charge on any atom is 0.253 e. The summed E-state index contributed by atoms with van der Waals surface area (Å²) in [5.41, 5.74) is 1.91. The predicted octanol–water partition coefficient (Wildman–Crippen LogP) is 2.01. The van der Waals surface area contributed by atoms with E-state index in [1.807, 2.05) is 31.2 Å². The summed E-state index contributed by atoms with van der Waals surface area (Å²) in [6.45, 7) is 1.64. The van der Waals surface area contributed by atoms with E-state index in [0.29, 0.717) is 0 Å². The van der Waals surface area contributed by atoms with E-state index in [-0.39, 0.29) is 11.5 Å². The first kappa shape index (κ1) is 10.6. The molecule has 14 heavy (non-hydrogen) atoms. The number of hydrogen-bond acceptors (Lipinski definition) is 3. The van der Waals surface area contributed by atoms with E-state index in [1.54, 1.807) is 0 Å². The second-order valence-corrected chi connectivity index (χ2v) is 3.40. The van der Waals surface area contributed by atoms with E-state index in [2.05, 4.69) is 5.32 Å². The van der Waals surface area contributed by atoms with Crippen LogP contribution in [-0.4, -0.2) is 16.5 Å². The molecular formula is C9H10N2O2S. The number of thiocarbonyl (C=S) groups is 1. The van der Waals surface area contributed by atoms with Gasteiger partial charge in [0.2, 0.25) is 0 Å². The van der Waals surface area contributed by atoms with Crippen LogP contribution in [0.2, 0.25) is 0 Å². The molecule has 0 aliphatic rings. The largest absolute Gasteiger partial charge is 0.345 e. The van der Waals surface area contributed by atoms with Gasteiger partial charge in [0, 0.05) is 10.6 Å². The quantitative estimate of drug-likeness (QED) is 0.471. The molecule has 0 unspecified atom stereocenters. The van der Waals surface area contributed by atoms with Crippen molar-refractivity contribution in [3.05, 3.63) is 39.9 Å². The third-order valence-electron chi connectivity index (χ3n) is 1.61. The van der Waals surface area contributed by atoms with Gasteiger partial charge in [-0.1, -0.05) is 29.9 Å². The minimum absolute atomic E-state index is 0.221. The fourth-order valence-electron chi connectivity index (χ4n) is 0.955. The molecule has 0 bridgehead atoms. The highest BCUT2D eigenvalue weighted by Crippen LogP contribution is 2.08. The zero-order valence-electron chi connectivity index (χ0n) is 7.69. The van der Waals surface area contributed by atoms with E-state index in [9.17, 15) is 10.1 Å². The van der Waals surface area contributed by atoms with Crippen LogP contribution in [0.4, 0.5) is 5.69 Å². The van der Waals surface area contributed by atoms with Crippen molar-refractivity contribution in [2.45, 2.75) is 6.92 Å². The van der Waals surface area contributed by atoms with Crippen molar-refractivity contribution in [3.8, 4) is 0 Å². The fraction of sp³-hybridized carbons (Fsp3) is 0.222. The number of hydrogen-bond donors (Lipinski definition) is 1. The number of nitrogens with one attached hydrogen (secondary N) is 1. The van der Waals surface area contributed by atoms with E-state index < -0.39 is 4.92 Å². The molecule has 1 N–H and O–H groups in total. The Morgan fingerprint density at radius 1 is 1.50 bits per heavy atom.